The number of hydrogen-bond acceptors (Lipinski definition) is 5. The van der Waals surface area contributed by atoms with E-state index in [-0.39, 0.29) is 18.6 Å². The molecule has 0 heterocycles. The van der Waals surface area contributed by atoms with Gasteiger partial charge in [-0.05, 0) is 60.3 Å². The Morgan fingerprint density at radius 3 is 1.67 bits per heavy atom. The summed E-state index contributed by atoms with van der Waals surface area (Å²) in [6.45, 7) is 10.5. The van der Waals surface area contributed by atoms with E-state index in [9.17, 15) is 9.59 Å². The standard InChI is InChI=1S/C15H27NO5/c1-14(2,3)20-12(18)16(11-7-10(8-11)9-17)13(19)21-15(4,5)6/h10-11,17H,7-9H2,1-6H3. The number of amides is 2. The molecule has 2 amide bonds. The van der Waals surface area contributed by atoms with Crippen LogP contribution in [0.1, 0.15) is 54.4 Å². The summed E-state index contributed by atoms with van der Waals surface area (Å²) in [5.74, 6) is 0.127. The van der Waals surface area contributed by atoms with Crippen molar-refractivity contribution in [2.75, 3.05) is 6.61 Å². The lowest BCUT2D eigenvalue weighted by molar-refractivity contribution is -0.0263. The van der Waals surface area contributed by atoms with Crippen LogP contribution in [-0.4, -0.2) is 46.0 Å². The summed E-state index contributed by atoms with van der Waals surface area (Å²) in [4.78, 5) is 25.6. The number of ether oxygens (including phenoxy) is 2. The summed E-state index contributed by atoms with van der Waals surface area (Å²) in [6.07, 6.45) is -0.236. The normalized spacial score (nSPS) is 22.2. The van der Waals surface area contributed by atoms with E-state index in [0.717, 1.165) is 4.90 Å². The minimum atomic E-state index is -0.696. The monoisotopic (exact) mass is 301 g/mol. The molecule has 0 aromatic heterocycles. The molecule has 21 heavy (non-hydrogen) atoms. The van der Waals surface area contributed by atoms with Crippen molar-refractivity contribution < 1.29 is 24.2 Å². The van der Waals surface area contributed by atoms with Crippen molar-refractivity contribution in [2.45, 2.75) is 71.6 Å². The molecule has 0 aromatic carbocycles. The topological polar surface area (TPSA) is 76.1 Å². The van der Waals surface area contributed by atoms with Crippen LogP contribution in [0.5, 0.6) is 0 Å². The van der Waals surface area contributed by atoms with Gasteiger partial charge in [0.25, 0.3) is 0 Å². The zero-order valence-electron chi connectivity index (χ0n) is 13.8. The molecule has 6 nitrogen and oxygen atoms in total. The molecule has 1 fully saturated rings. The van der Waals surface area contributed by atoms with Crippen molar-refractivity contribution >= 4 is 12.2 Å². The van der Waals surface area contributed by atoms with E-state index in [2.05, 4.69) is 0 Å². The zero-order chi connectivity index (χ0) is 16.4. The summed E-state index contributed by atoms with van der Waals surface area (Å²) >= 11 is 0. The lowest BCUT2D eigenvalue weighted by Crippen LogP contribution is -2.54. The van der Waals surface area contributed by atoms with Gasteiger partial charge in [-0.3, -0.25) is 0 Å². The Kier molecular flexibility index (Phi) is 5.25. The highest BCUT2D eigenvalue weighted by Gasteiger charge is 2.42. The van der Waals surface area contributed by atoms with Crippen LogP contribution >= 0.6 is 0 Å². The molecule has 1 aliphatic carbocycles. The van der Waals surface area contributed by atoms with E-state index in [4.69, 9.17) is 14.6 Å². The average molecular weight is 301 g/mol. The first-order chi connectivity index (χ1) is 9.43. The van der Waals surface area contributed by atoms with Crippen LogP contribution in [0.4, 0.5) is 9.59 Å². The molecule has 1 rings (SSSR count). The van der Waals surface area contributed by atoms with E-state index in [0.29, 0.717) is 12.8 Å². The maximum Gasteiger partial charge on any atom is 0.420 e. The number of aliphatic hydroxyl groups excluding tert-OH is 1. The van der Waals surface area contributed by atoms with Crippen LogP contribution in [0, 0.1) is 5.92 Å². The van der Waals surface area contributed by atoms with Crippen molar-refractivity contribution in [1.29, 1.82) is 0 Å². The van der Waals surface area contributed by atoms with E-state index < -0.39 is 23.4 Å². The van der Waals surface area contributed by atoms with Gasteiger partial charge in [0.1, 0.15) is 11.2 Å². The predicted octanol–water partition coefficient (Wildman–Crippen LogP) is 2.93. The average Bonchev–Trinajstić information content (AvgIpc) is 2.16. The number of aliphatic hydroxyl groups is 1. The highest BCUT2D eigenvalue weighted by molar-refractivity contribution is 5.88. The van der Waals surface area contributed by atoms with E-state index in [1.165, 1.54) is 0 Å². The van der Waals surface area contributed by atoms with Crippen molar-refractivity contribution in [1.82, 2.24) is 4.90 Å². The minimum Gasteiger partial charge on any atom is -0.443 e. The highest BCUT2D eigenvalue weighted by atomic mass is 16.6. The number of rotatable bonds is 2. The van der Waals surface area contributed by atoms with Crippen LogP contribution in [0.15, 0.2) is 0 Å². The van der Waals surface area contributed by atoms with E-state index >= 15 is 0 Å². The molecule has 0 aliphatic heterocycles. The maximum atomic E-state index is 12.3. The van der Waals surface area contributed by atoms with Gasteiger partial charge < -0.3 is 14.6 Å². The van der Waals surface area contributed by atoms with Gasteiger partial charge in [-0.1, -0.05) is 0 Å². The Morgan fingerprint density at radius 2 is 1.38 bits per heavy atom. The Bertz CT molecular complexity index is 360. The summed E-state index contributed by atoms with van der Waals surface area (Å²) in [6, 6.07) is -0.271. The molecule has 0 radical (unpaired) electrons. The first-order valence-electron chi connectivity index (χ1n) is 7.29. The summed E-state index contributed by atoms with van der Waals surface area (Å²) < 4.78 is 10.6. The van der Waals surface area contributed by atoms with Crippen LogP contribution in [0.3, 0.4) is 0 Å². The fourth-order valence-corrected chi connectivity index (χ4v) is 2.06. The summed E-state index contributed by atoms with van der Waals surface area (Å²) in [5.41, 5.74) is -1.37. The van der Waals surface area contributed by atoms with Gasteiger partial charge in [0, 0.05) is 12.6 Å². The molecule has 0 spiro atoms. The van der Waals surface area contributed by atoms with Crippen molar-refractivity contribution in [3.8, 4) is 0 Å². The summed E-state index contributed by atoms with van der Waals surface area (Å²) in [5, 5.41) is 9.08. The van der Waals surface area contributed by atoms with Gasteiger partial charge >= 0.3 is 12.2 Å². The smallest absolute Gasteiger partial charge is 0.420 e. The van der Waals surface area contributed by atoms with Gasteiger partial charge in [-0.15, -0.1) is 0 Å². The largest absolute Gasteiger partial charge is 0.443 e. The first kappa shape index (κ1) is 17.8. The van der Waals surface area contributed by atoms with E-state index in [1.807, 2.05) is 0 Å². The van der Waals surface area contributed by atoms with Crippen LogP contribution < -0.4 is 0 Å². The molecule has 0 unspecified atom stereocenters. The van der Waals surface area contributed by atoms with Gasteiger partial charge in [0.15, 0.2) is 0 Å². The van der Waals surface area contributed by atoms with Crippen LogP contribution in [-0.2, 0) is 9.47 Å². The first-order valence-corrected chi connectivity index (χ1v) is 7.29. The molecule has 0 aromatic rings. The molecule has 6 heteroatoms. The third-order valence-corrected chi connectivity index (χ3v) is 3.01. The molecule has 1 saturated carbocycles. The lowest BCUT2D eigenvalue weighted by Gasteiger charge is -2.41. The van der Waals surface area contributed by atoms with Gasteiger partial charge in [0.2, 0.25) is 0 Å². The third kappa shape index (κ3) is 5.53. The lowest BCUT2D eigenvalue weighted by atomic mass is 9.80. The quantitative estimate of drug-likeness (QED) is 0.848. The fraction of sp³-hybridized carbons (Fsp3) is 0.867. The van der Waals surface area contributed by atoms with Crippen molar-refractivity contribution in [3.63, 3.8) is 0 Å². The molecule has 122 valence electrons. The predicted molar refractivity (Wildman–Crippen MR) is 77.9 cm³/mol. The number of imide groups is 1. The second-order valence-corrected chi connectivity index (χ2v) is 7.50. The number of hydrogen-bond donors (Lipinski definition) is 1. The SMILES string of the molecule is CC(C)(C)OC(=O)N(C(=O)OC(C)(C)C)C1CC(CO)C1. The molecular formula is C15H27NO5. The van der Waals surface area contributed by atoms with Crippen molar-refractivity contribution in [3.05, 3.63) is 0 Å². The van der Waals surface area contributed by atoms with E-state index in [1.54, 1.807) is 41.5 Å². The Morgan fingerprint density at radius 1 is 1.00 bits per heavy atom. The molecule has 0 bridgehead atoms. The molecule has 0 saturated heterocycles. The molecule has 0 atom stereocenters. The minimum absolute atomic E-state index is 0.0625. The van der Waals surface area contributed by atoms with Crippen molar-refractivity contribution in [2.24, 2.45) is 5.92 Å². The van der Waals surface area contributed by atoms with Crippen LogP contribution in [0.25, 0.3) is 0 Å². The molecule has 1 N–H and O–H groups in total. The highest BCUT2D eigenvalue weighted by Crippen LogP contribution is 2.33. The second kappa shape index (κ2) is 6.22. The Balaban J connectivity index is 2.80. The van der Waals surface area contributed by atoms with Crippen LogP contribution in [0.2, 0.25) is 0 Å². The number of nitrogens with zero attached hydrogens (tertiary/aromatic N) is 1. The Labute approximate surface area is 126 Å². The Hall–Kier alpha value is -1.30. The van der Waals surface area contributed by atoms with Gasteiger partial charge in [0.05, 0.1) is 0 Å². The fourth-order valence-electron chi connectivity index (χ4n) is 2.06. The number of carbonyl (C=O) groups excluding carboxylic acids is 2. The van der Waals surface area contributed by atoms with Gasteiger partial charge in [-0.2, -0.15) is 0 Å². The van der Waals surface area contributed by atoms with Gasteiger partial charge in [-0.25, -0.2) is 14.5 Å². The zero-order valence-corrected chi connectivity index (χ0v) is 13.8. The molecule has 1 aliphatic rings. The maximum absolute atomic E-state index is 12.3. The third-order valence-electron chi connectivity index (χ3n) is 3.01. The molecular weight excluding hydrogens is 274 g/mol. The number of carbonyl (C=O) groups is 2. The summed E-state index contributed by atoms with van der Waals surface area (Å²) in [7, 11) is 0. The second-order valence-electron chi connectivity index (χ2n) is 7.50.